The fourth-order valence-corrected chi connectivity index (χ4v) is 5.13. The van der Waals surface area contributed by atoms with Crippen LogP contribution >= 0.6 is 0 Å². The van der Waals surface area contributed by atoms with Gasteiger partial charge in [-0.15, -0.1) is 0 Å². The van der Waals surface area contributed by atoms with E-state index in [-0.39, 0.29) is 11.9 Å². The number of ether oxygens (including phenoxy) is 3. The number of likely N-dealkylation sites (N-methyl/N-ethyl adjacent to an activating group) is 1. The molecule has 2 atom stereocenters. The Hall–Kier alpha value is -3.99. The van der Waals surface area contributed by atoms with Gasteiger partial charge in [-0.05, 0) is 86.9 Å². The number of benzene rings is 2. The zero-order chi connectivity index (χ0) is 30.3. The van der Waals surface area contributed by atoms with Crippen molar-refractivity contribution in [2.45, 2.75) is 45.4 Å². The lowest BCUT2D eigenvalue weighted by atomic mass is 9.96. The van der Waals surface area contributed by atoms with Crippen molar-refractivity contribution >= 4 is 5.91 Å². The van der Waals surface area contributed by atoms with Gasteiger partial charge in [-0.3, -0.25) is 19.1 Å². The van der Waals surface area contributed by atoms with Crippen molar-refractivity contribution in [2.75, 3.05) is 47.6 Å². The monoisotopic (exact) mass is 586 g/mol. The van der Waals surface area contributed by atoms with E-state index in [1.54, 1.807) is 14.2 Å². The van der Waals surface area contributed by atoms with Crippen molar-refractivity contribution in [1.82, 2.24) is 29.8 Å². The van der Waals surface area contributed by atoms with Gasteiger partial charge in [0.1, 0.15) is 12.4 Å². The summed E-state index contributed by atoms with van der Waals surface area (Å²) < 4.78 is 20.2. The van der Waals surface area contributed by atoms with Gasteiger partial charge in [0.25, 0.3) is 5.91 Å². The molecule has 0 unspecified atom stereocenters. The Labute approximate surface area is 253 Å². The molecule has 5 rings (SSSR count). The Morgan fingerprint density at radius 2 is 1.79 bits per heavy atom. The molecule has 1 saturated heterocycles. The number of rotatable bonds is 14. The predicted molar refractivity (Wildman–Crippen MR) is 166 cm³/mol. The van der Waals surface area contributed by atoms with E-state index in [4.69, 9.17) is 19.3 Å². The number of aryl methyl sites for hydroxylation is 1. The molecule has 0 spiro atoms. The van der Waals surface area contributed by atoms with Crippen molar-refractivity contribution in [3.05, 3.63) is 77.7 Å². The summed E-state index contributed by atoms with van der Waals surface area (Å²) in [7, 11) is 5.47. The van der Waals surface area contributed by atoms with Crippen molar-refractivity contribution in [3.8, 4) is 28.1 Å². The normalized spacial score (nSPS) is 15.7. The van der Waals surface area contributed by atoms with Crippen LogP contribution in [0.5, 0.6) is 5.75 Å². The topological polar surface area (TPSA) is 95.7 Å². The summed E-state index contributed by atoms with van der Waals surface area (Å²) in [5.74, 6) is 0.571. The predicted octanol–water partition coefficient (Wildman–Crippen LogP) is 4.59. The van der Waals surface area contributed by atoms with Crippen LogP contribution in [0.15, 0.2) is 61.1 Å². The highest BCUT2D eigenvalue weighted by molar-refractivity contribution is 5.96. The largest absolute Gasteiger partial charge is 0.492 e. The first-order valence-corrected chi connectivity index (χ1v) is 14.8. The Morgan fingerprint density at radius 1 is 1.02 bits per heavy atom. The van der Waals surface area contributed by atoms with E-state index in [0.29, 0.717) is 50.3 Å². The maximum atomic E-state index is 13.5. The second-order valence-corrected chi connectivity index (χ2v) is 11.2. The van der Waals surface area contributed by atoms with Gasteiger partial charge in [0, 0.05) is 49.3 Å². The van der Waals surface area contributed by atoms with Gasteiger partial charge in [0.2, 0.25) is 0 Å². The highest BCUT2D eigenvalue weighted by Crippen LogP contribution is 2.30. The molecule has 2 aromatic heterocycles. The summed E-state index contributed by atoms with van der Waals surface area (Å²) in [6.07, 6.45) is 6.96. The molecule has 0 bridgehead atoms. The lowest BCUT2D eigenvalue weighted by Gasteiger charge is -2.37. The zero-order valence-corrected chi connectivity index (χ0v) is 25.7. The van der Waals surface area contributed by atoms with Crippen LogP contribution in [0.4, 0.5) is 0 Å². The summed E-state index contributed by atoms with van der Waals surface area (Å²) in [6, 6.07) is 14.2. The lowest BCUT2D eigenvalue weighted by molar-refractivity contribution is 0.0767. The standard InChI is InChI=1S/C33H42N6O4/c1-23-6-7-30(43-22-29-8-10-37(29)3)19-31(23)33(40)35-24(2)25-16-26(28-20-34-39(21-28)13-15-42-5)18-27(17-25)32-9-11-38(36-32)12-14-41-4/h6-7,9,11,16-21,24,29H,8,10,12-15,22H2,1-5H3,(H,35,40)/t24-,29+/m1/s1. The fourth-order valence-electron chi connectivity index (χ4n) is 5.13. The molecule has 1 N–H and O–H groups in total. The molecule has 2 aromatic carbocycles. The van der Waals surface area contributed by atoms with E-state index in [1.807, 2.05) is 66.1 Å². The first-order valence-electron chi connectivity index (χ1n) is 14.8. The van der Waals surface area contributed by atoms with Gasteiger partial charge in [-0.25, -0.2) is 0 Å². The molecule has 43 heavy (non-hydrogen) atoms. The first kappa shape index (κ1) is 30.5. The molecule has 10 nitrogen and oxygen atoms in total. The Bertz CT molecular complexity index is 1460. The SMILES string of the molecule is COCCn1cc(-c2cc(-c3ccn(CCOC)n3)cc([C@@H](C)NC(=O)c3cc(OC[C@@H]4CCN4C)ccc3C)c2)cn1. The summed E-state index contributed by atoms with van der Waals surface area (Å²) >= 11 is 0. The van der Waals surface area contributed by atoms with Crippen LogP contribution in [0, 0.1) is 6.92 Å². The van der Waals surface area contributed by atoms with Gasteiger partial charge in [-0.1, -0.05) is 6.07 Å². The molecule has 0 aliphatic carbocycles. The number of methoxy groups -OCH3 is 2. The highest BCUT2D eigenvalue weighted by Gasteiger charge is 2.25. The minimum absolute atomic E-state index is 0.139. The first-order chi connectivity index (χ1) is 20.8. The molecule has 3 heterocycles. The fraction of sp³-hybridized carbons (Fsp3) is 0.424. The summed E-state index contributed by atoms with van der Waals surface area (Å²) in [5, 5.41) is 12.5. The smallest absolute Gasteiger partial charge is 0.252 e. The molecule has 1 aliphatic rings. The van der Waals surface area contributed by atoms with Crippen LogP contribution in [0.25, 0.3) is 22.4 Å². The van der Waals surface area contributed by atoms with E-state index in [2.05, 4.69) is 40.6 Å². The van der Waals surface area contributed by atoms with Crippen LogP contribution in [-0.2, 0) is 22.6 Å². The van der Waals surface area contributed by atoms with E-state index < -0.39 is 0 Å². The Morgan fingerprint density at radius 3 is 2.51 bits per heavy atom. The van der Waals surface area contributed by atoms with Gasteiger partial charge in [-0.2, -0.15) is 10.2 Å². The highest BCUT2D eigenvalue weighted by atomic mass is 16.5. The van der Waals surface area contributed by atoms with Crippen molar-refractivity contribution in [1.29, 1.82) is 0 Å². The molecular weight excluding hydrogens is 544 g/mol. The third-order valence-corrected chi connectivity index (χ3v) is 8.09. The maximum Gasteiger partial charge on any atom is 0.252 e. The Kier molecular flexibility index (Phi) is 9.91. The number of carbonyl (C=O) groups is 1. The van der Waals surface area contributed by atoms with Crippen LogP contribution in [-0.4, -0.2) is 84.0 Å². The maximum absolute atomic E-state index is 13.5. The van der Waals surface area contributed by atoms with Crippen molar-refractivity contribution in [2.24, 2.45) is 0 Å². The third-order valence-electron chi connectivity index (χ3n) is 8.09. The number of carbonyl (C=O) groups excluding carboxylic acids is 1. The summed E-state index contributed by atoms with van der Waals surface area (Å²) in [4.78, 5) is 15.8. The number of aromatic nitrogens is 4. The molecular formula is C33H42N6O4. The number of hydrogen-bond acceptors (Lipinski definition) is 7. The average molecular weight is 587 g/mol. The van der Waals surface area contributed by atoms with Gasteiger partial charge in [0.05, 0.1) is 44.2 Å². The van der Waals surface area contributed by atoms with E-state index in [0.717, 1.165) is 46.5 Å². The van der Waals surface area contributed by atoms with Crippen molar-refractivity contribution in [3.63, 3.8) is 0 Å². The van der Waals surface area contributed by atoms with Crippen LogP contribution in [0.1, 0.15) is 40.9 Å². The average Bonchev–Trinajstić information content (AvgIpc) is 3.69. The van der Waals surface area contributed by atoms with Crippen LogP contribution < -0.4 is 10.1 Å². The molecule has 0 saturated carbocycles. The molecule has 1 aliphatic heterocycles. The quantitative estimate of drug-likeness (QED) is 0.231. The second-order valence-electron chi connectivity index (χ2n) is 11.2. The van der Waals surface area contributed by atoms with Crippen LogP contribution in [0.3, 0.4) is 0 Å². The lowest BCUT2D eigenvalue weighted by Crippen LogP contribution is -2.48. The van der Waals surface area contributed by atoms with E-state index in [1.165, 1.54) is 0 Å². The molecule has 0 radical (unpaired) electrons. The number of hydrogen-bond donors (Lipinski definition) is 1. The molecule has 4 aromatic rings. The van der Waals surface area contributed by atoms with E-state index >= 15 is 0 Å². The number of amides is 1. The number of nitrogens with one attached hydrogen (secondary N) is 1. The zero-order valence-electron chi connectivity index (χ0n) is 25.7. The number of likely N-dealkylation sites (tertiary alicyclic amines) is 1. The van der Waals surface area contributed by atoms with Crippen LogP contribution in [0.2, 0.25) is 0 Å². The second kappa shape index (κ2) is 14.0. The van der Waals surface area contributed by atoms with Gasteiger partial charge >= 0.3 is 0 Å². The van der Waals surface area contributed by atoms with Gasteiger partial charge in [0.15, 0.2) is 0 Å². The minimum Gasteiger partial charge on any atom is -0.492 e. The molecule has 1 amide bonds. The number of nitrogens with zero attached hydrogens (tertiary/aromatic N) is 5. The molecule has 1 fully saturated rings. The molecule has 10 heteroatoms. The van der Waals surface area contributed by atoms with Gasteiger partial charge < -0.3 is 19.5 Å². The summed E-state index contributed by atoms with van der Waals surface area (Å²) in [5.41, 5.74) is 6.26. The molecule has 228 valence electrons. The Balaban J connectivity index is 1.39. The van der Waals surface area contributed by atoms with Crippen molar-refractivity contribution < 1.29 is 19.0 Å². The summed E-state index contributed by atoms with van der Waals surface area (Å²) in [6.45, 7) is 8.17. The third kappa shape index (κ3) is 7.51. The minimum atomic E-state index is -0.266. The van der Waals surface area contributed by atoms with E-state index in [9.17, 15) is 4.79 Å².